The van der Waals surface area contributed by atoms with Crippen LogP contribution in [0.1, 0.15) is 42.3 Å². The van der Waals surface area contributed by atoms with Crippen molar-refractivity contribution >= 4 is 17.6 Å². The van der Waals surface area contributed by atoms with E-state index in [-0.39, 0.29) is 30.8 Å². The number of nitrogens with zero attached hydrogens (tertiary/aromatic N) is 3. The maximum absolute atomic E-state index is 14.1. The third-order valence-electron chi connectivity index (χ3n) is 6.70. The second-order valence-corrected chi connectivity index (χ2v) is 9.56. The minimum absolute atomic E-state index is 0.102. The van der Waals surface area contributed by atoms with Gasteiger partial charge in [-0.25, -0.2) is 14.2 Å². The van der Waals surface area contributed by atoms with Gasteiger partial charge in [-0.2, -0.15) is 0 Å². The molecular formula is C29H35FN4O6. The number of halogens is 1. The number of methoxy groups -OCH3 is 2. The second-order valence-electron chi connectivity index (χ2n) is 9.56. The molecule has 1 saturated heterocycles. The summed E-state index contributed by atoms with van der Waals surface area (Å²) in [7, 11) is 3.07. The number of aromatic nitrogens is 1. The van der Waals surface area contributed by atoms with E-state index in [1.54, 1.807) is 35.1 Å². The highest BCUT2D eigenvalue weighted by Gasteiger charge is 2.34. The fourth-order valence-electron chi connectivity index (χ4n) is 4.64. The minimum atomic E-state index is -0.423. The molecule has 0 saturated carbocycles. The number of rotatable bonds is 13. The van der Waals surface area contributed by atoms with Gasteiger partial charge in [-0.1, -0.05) is 19.8 Å². The van der Waals surface area contributed by atoms with E-state index in [2.05, 4.69) is 17.2 Å². The molecule has 1 N–H and O–H groups in total. The Morgan fingerprint density at radius 2 is 1.90 bits per heavy atom. The molecule has 10 nitrogen and oxygen atoms in total. The number of oxazole rings is 1. The number of carbonyl (C=O) groups is 2. The van der Waals surface area contributed by atoms with E-state index in [1.165, 1.54) is 37.9 Å². The average Bonchev–Trinajstić information content (AvgIpc) is 3.51. The van der Waals surface area contributed by atoms with E-state index < -0.39 is 11.7 Å². The van der Waals surface area contributed by atoms with Crippen LogP contribution in [0, 0.1) is 11.7 Å². The summed E-state index contributed by atoms with van der Waals surface area (Å²) < 4.78 is 36.1. The van der Waals surface area contributed by atoms with E-state index in [9.17, 15) is 14.0 Å². The van der Waals surface area contributed by atoms with Crippen LogP contribution in [0.5, 0.6) is 17.2 Å². The summed E-state index contributed by atoms with van der Waals surface area (Å²) in [4.78, 5) is 33.3. The van der Waals surface area contributed by atoms with Gasteiger partial charge in [0.25, 0.3) is 5.91 Å². The normalized spacial score (nSPS) is 15.2. The van der Waals surface area contributed by atoms with Crippen molar-refractivity contribution in [3.8, 4) is 17.2 Å². The predicted octanol–water partition coefficient (Wildman–Crippen LogP) is 4.89. The van der Waals surface area contributed by atoms with Crippen LogP contribution < -0.4 is 24.4 Å². The summed E-state index contributed by atoms with van der Waals surface area (Å²) in [6.07, 6.45) is 5.56. The number of urea groups is 1. The molecule has 0 spiro atoms. The van der Waals surface area contributed by atoms with Crippen LogP contribution in [0.3, 0.4) is 0 Å². The van der Waals surface area contributed by atoms with Gasteiger partial charge in [-0.3, -0.25) is 9.69 Å². The van der Waals surface area contributed by atoms with Crippen molar-refractivity contribution in [1.82, 2.24) is 15.2 Å². The van der Waals surface area contributed by atoms with Gasteiger partial charge in [0.05, 0.1) is 33.6 Å². The van der Waals surface area contributed by atoms with E-state index in [0.717, 1.165) is 19.3 Å². The molecule has 0 radical (unpaired) electrons. The van der Waals surface area contributed by atoms with Gasteiger partial charge in [0.15, 0.2) is 17.9 Å². The van der Waals surface area contributed by atoms with Crippen molar-refractivity contribution in [2.75, 3.05) is 45.4 Å². The van der Waals surface area contributed by atoms with Gasteiger partial charge in [0, 0.05) is 42.9 Å². The Hall–Kier alpha value is -4.28. The van der Waals surface area contributed by atoms with Gasteiger partial charge in [-0.05, 0) is 36.8 Å². The third-order valence-corrected chi connectivity index (χ3v) is 6.70. The number of nitrogens with one attached hydrogen (secondary N) is 1. The molecule has 1 aromatic heterocycles. The van der Waals surface area contributed by atoms with E-state index >= 15 is 0 Å². The lowest BCUT2D eigenvalue weighted by atomic mass is 10.0. The van der Waals surface area contributed by atoms with Crippen LogP contribution >= 0.6 is 0 Å². The molecule has 1 unspecified atom stereocenters. The highest BCUT2D eigenvalue weighted by molar-refractivity contribution is 5.93. The topological polar surface area (TPSA) is 106 Å². The number of benzene rings is 2. The highest BCUT2D eigenvalue weighted by Crippen LogP contribution is 2.34. The van der Waals surface area contributed by atoms with Crippen molar-refractivity contribution in [3.63, 3.8) is 0 Å². The summed E-state index contributed by atoms with van der Waals surface area (Å²) in [5, 5.41) is 2.86. The average molecular weight is 555 g/mol. The number of unbranched alkanes of at least 4 members (excludes halogenated alkanes) is 2. The predicted molar refractivity (Wildman–Crippen MR) is 146 cm³/mol. The molecule has 0 bridgehead atoms. The lowest BCUT2D eigenvalue weighted by molar-refractivity contribution is 0.0914. The fraction of sp³-hybridized carbons (Fsp3) is 0.414. The first-order chi connectivity index (χ1) is 19.4. The van der Waals surface area contributed by atoms with Crippen molar-refractivity contribution in [1.29, 1.82) is 0 Å². The lowest BCUT2D eigenvalue weighted by Gasteiger charge is -2.40. The van der Waals surface area contributed by atoms with Crippen molar-refractivity contribution in [2.24, 2.45) is 5.92 Å². The van der Waals surface area contributed by atoms with Crippen molar-refractivity contribution in [3.05, 3.63) is 66.1 Å². The smallest absolute Gasteiger partial charge is 0.324 e. The van der Waals surface area contributed by atoms with E-state index in [1.807, 2.05) is 0 Å². The summed E-state index contributed by atoms with van der Waals surface area (Å²) in [5.41, 5.74) is 1.16. The summed E-state index contributed by atoms with van der Waals surface area (Å²) in [5.74, 6) is 0.725. The lowest BCUT2D eigenvalue weighted by Crippen LogP contribution is -2.55. The molecule has 11 heteroatoms. The molecule has 1 atom stereocenters. The quantitative estimate of drug-likeness (QED) is 0.300. The SMILES string of the molecule is CCCCCOc1cc(N2CC(CNC(=O)c3cnco3)CN(Cc3cc(F)ccc3OC)C2=O)ccc1OC. The summed E-state index contributed by atoms with van der Waals surface area (Å²) in [6, 6.07) is 9.32. The number of hydrogen-bond donors (Lipinski definition) is 1. The summed E-state index contributed by atoms with van der Waals surface area (Å²) >= 11 is 0. The first-order valence-corrected chi connectivity index (χ1v) is 13.3. The van der Waals surface area contributed by atoms with Crippen LogP contribution in [0.4, 0.5) is 14.9 Å². The highest BCUT2D eigenvalue weighted by atomic mass is 19.1. The molecule has 214 valence electrons. The largest absolute Gasteiger partial charge is 0.496 e. The van der Waals surface area contributed by atoms with Gasteiger partial charge < -0.3 is 28.8 Å². The zero-order valence-electron chi connectivity index (χ0n) is 23.0. The van der Waals surface area contributed by atoms with Crippen LogP contribution in [0.15, 0.2) is 53.4 Å². The van der Waals surface area contributed by atoms with Crippen LogP contribution in [0.25, 0.3) is 0 Å². The molecule has 3 aromatic rings. The Kier molecular flexibility index (Phi) is 9.82. The maximum atomic E-state index is 14.1. The Balaban J connectivity index is 1.59. The monoisotopic (exact) mass is 554 g/mol. The number of anilines is 1. The number of carbonyl (C=O) groups excluding carboxylic acids is 2. The molecule has 4 rings (SSSR count). The number of amides is 3. The van der Waals surface area contributed by atoms with Gasteiger partial charge in [-0.15, -0.1) is 0 Å². The molecule has 2 heterocycles. The van der Waals surface area contributed by atoms with E-state index in [4.69, 9.17) is 18.6 Å². The van der Waals surface area contributed by atoms with Gasteiger partial charge in [0.1, 0.15) is 11.6 Å². The van der Waals surface area contributed by atoms with Gasteiger partial charge in [0.2, 0.25) is 5.76 Å². The third kappa shape index (κ3) is 7.02. The molecule has 1 aliphatic heterocycles. The first kappa shape index (κ1) is 28.7. The molecule has 0 aliphatic carbocycles. The molecule has 1 aliphatic rings. The van der Waals surface area contributed by atoms with Crippen molar-refractivity contribution in [2.45, 2.75) is 32.7 Å². The molecule has 40 heavy (non-hydrogen) atoms. The summed E-state index contributed by atoms with van der Waals surface area (Å²) in [6.45, 7) is 3.73. The Morgan fingerprint density at radius 1 is 1.10 bits per heavy atom. The zero-order chi connectivity index (χ0) is 28.5. The standard InChI is InChI=1S/C29H35FN4O6/c1-4-5-6-11-39-26-13-23(8-10-25(26)38-3)34-17-20(14-32-28(35)27-15-31-19-40-27)16-33(29(34)36)18-21-12-22(30)7-9-24(21)37-2/h7-10,12-13,15,19-20H,4-6,11,14,16-18H2,1-3H3,(H,32,35). The van der Waals surface area contributed by atoms with Gasteiger partial charge >= 0.3 is 6.03 Å². The number of ether oxygens (including phenoxy) is 3. The van der Waals surface area contributed by atoms with Crippen LogP contribution in [-0.2, 0) is 6.54 Å². The van der Waals surface area contributed by atoms with Crippen LogP contribution in [0.2, 0.25) is 0 Å². The van der Waals surface area contributed by atoms with Crippen molar-refractivity contribution < 1.29 is 32.6 Å². The van der Waals surface area contributed by atoms with Crippen LogP contribution in [-0.4, -0.2) is 62.3 Å². The molecule has 1 fully saturated rings. The Labute approximate surface area is 233 Å². The number of hydrogen-bond acceptors (Lipinski definition) is 7. The molecular weight excluding hydrogens is 519 g/mol. The Bertz CT molecular complexity index is 1290. The fourth-order valence-corrected chi connectivity index (χ4v) is 4.64. The second kappa shape index (κ2) is 13.7. The molecule has 3 amide bonds. The first-order valence-electron chi connectivity index (χ1n) is 13.3. The minimum Gasteiger partial charge on any atom is -0.496 e. The zero-order valence-corrected chi connectivity index (χ0v) is 23.0. The Morgan fingerprint density at radius 3 is 2.62 bits per heavy atom. The molecule has 2 aromatic carbocycles. The maximum Gasteiger partial charge on any atom is 0.324 e. The van der Waals surface area contributed by atoms with E-state index in [0.29, 0.717) is 48.2 Å².